The first kappa shape index (κ1) is 13.9. The van der Waals surface area contributed by atoms with E-state index in [1.807, 2.05) is 18.2 Å². The quantitative estimate of drug-likeness (QED) is 0.701. The molecule has 0 atom stereocenters. The van der Waals surface area contributed by atoms with E-state index in [4.69, 9.17) is 11.6 Å². The fraction of sp³-hybridized carbons (Fsp3) is 0.143. The van der Waals surface area contributed by atoms with Crippen molar-refractivity contribution in [1.29, 1.82) is 0 Å². The molecule has 2 aromatic carbocycles. The summed E-state index contributed by atoms with van der Waals surface area (Å²) in [4.78, 5) is 0. The Labute approximate surface area is 129 Å². The molecule has 0 amide bonds. The van der Waals surface area contributed by atoms with Crippen LogP contribution in [0.4, 0.5) is 5.69 Å². The second-order valence-electron chi connectivity index (χ2n) is 4.05. The van der Waals surface area contributed by atoms with Crippen LogP contribution in [-0.2, 0) is 6.54 Å². The SMILES string of the molecule is Cc1ccc(NCc2ccc(Cl)cc2Br)cc1Br. The van der Waals surface area contributed by atoms with E-state index >= 15 is 0 Å². The number of nitrogens with one attached hydrogen (secondary N) is 1. The highest BCUT2D eigenvalue weighted by molar-refractivity contribution is 9.10. The maximum absolute atomic E-state index is 5.92. The van der Waals surface area contributed by atoms with Crippen LogP contribution >= 0.6 is 43.5 Å². The van der Waals surface area contributed by atoms with Crippen molar-refractivity contribution in [1.82, 2.24) is 0 Å². The summed E-state index contributed by atoms with van der Waals surface area (Å²) in [7, 11) is 0. The molecule has 2 rings (SSSR count). The summed E-state index contributed by atoms with van der Waals surface area (Å²) in [5, 5.41) is 4.13. The number of anilines is 1. The van der Waals surface area contributed by atoms with Crippen molar-refractivity contribution in [2.45, 2.75) is 13.5 Å². The first-order chi connectivity index (χ1) is 8.56. The topological polar surface area (TPSA) is 12.0 Å². The zero-order valence-electron chi connectivity index (χ0n) is 9.81. The minimum Gasteiger partial charge on any atom is -0.381 e. The molecule has 0 spiro atoms. The average Bonchev–Trinajstić information content (AvgIpc) is 2.32. The number of benzene rings is 2. The highest BCUT2D eigenvalue weighted by atomic mass is 79.9. The van der Waals surface area contributed by atoms with Gasteiger partial charge in [-0.25, -0.2) is 0 Å². The van der Waals surface area contributed by atoms with Gasteiger partial charge >= 0.3 is 0 Å². The molecule has 0 aliphatic heterocycles. The fourth-order valence-electron chi connectivity index (χ4n) is 1.57. The van der Waals surface area contributed by atoms with Crippen molar-refractivity contribution < 1.29 is 0 Å². The van der Waals surface area contributed by atoms with E-state index in [2.05, 4.69) is 62.3 Å². The van der Waals surface area contributed by atoms with Crippen molar-refractivity contribution in [2.24, 2.45) is 0 Å². The first-order valence-electron chi connectivity index (χ1n) is 5.50. The molecule has 1 nitrogen and oxygen atoms in total. The van der Waals surface area contributed by atoms with Crippen LogP contribution in [-0.4, -0.2) is 0 Å². The van der Waals surface area contributed by atoms with E-state index < -0.39 is 0 Å². The number of hydrogen-bond donors (Lipinski definition) is 1. The summed E-state index contributed by atoms with van der Waals surface area (Å²) in [6.45, 7) is 2.83. The van der Waals surface area contributed by atoms with Crippen LogP contribution < -0.4 is 5.32 Å². The Morgan fingerprint density at radius 2 is 1.83 bits per heavy atom. The fourth-order valence-corrected chi connectivity index (χ4v) is 2.77. The Hall–Kier alpha value is -0.510. The van der Waals surface area contributed by atoms with Gasteiger partial charge in [-0.1, -0.05) is 55.6 Å². The Kier molecular flexibility index (Phi) is 4.71. The van der Waals surface area contributed by atoms with Gasteiger partial charge in [0.2, 0.25) is 0 Å². The summed E-state index contributed by atoms with van der Waals surface area (Å²) in [6.07, 6.45) is 0. The Morgan fingerprint density at radius 3 is 2.50 bits per heavy atom. The highest BCUT2D eigenvalue weighted by Crippen LogP contribution is 2.24. The number of hydrogen-bond acceptors (Lipinski definition) is 1. The maximum atomic E-state index is 5.92. The van der Waals surface area contributed by atoms with E-state index in [1.165, 1.54) is 11.1 Å². The number of aryl methyl sites for hydroxylation is 1. The molecule has 0 unspecified atom stereocenters. The van der Waals surface area contributed by atoms with Crippen LogP contribution in [0.3, 0.4) is 0 Å². The van der Waals surface area contributed by atoms with Gasteiger partial charge < -0.3 is 5.32 Å². The van der Waals surface area contributed by atoms with Gasteiger partial charge in [-0.15, -0.1) is 0 Å². The zero-order chi connectivity index (χ0) is 13.1. The third kappa shape index (κ3) is 3.50. The second kappa shape index (κ2) is 6.09. The lowest BCUT2D eigenvalue weighted by Crippen LogP contribution is -2.00. The predicted octanol–water partition coefficient (Wildman–Crippen LogP) is 5.79. The molecular weight excluding hydrogens is 377 g/mol. The second-order valence-corrected chi connectivity index (χ2v) is 6.20. The van der Waals surface area contributed by atoms with E-state index in [0.717, 1.165) is 26.2 Å². The average molecular weight is 390 g/mol. The van der Waals surface area contributed by atoms with Gasteiger partial charge in [0.05, 0.1) is 0 Å². The molecule has 4 heteroatoms. The first-order valence-corrected chi connectivity index (χ1v) is 7.46. The smallest absolute Gasteiger partial charge is 0.0417 e. The van der Waals surface area contributed by atoms with E-state index in [-0.39, 0.29) is 0 Å². The van der Waals surface area contributed by atoms with Crippen LogP contribution in [0.2, 0.25) is 5.02 Å². The maximum Gasteiger partial charge on any atom is 0.0417 e. The predicted molar refractivity (Wildman–Crippen MR) is 85.4 cm³/mol. The molecule has 1 N–H and O–H groups in total. The van der Waals surface area contributed by atoms with Crippen LogP contribution in [0.25, 0.3) is 0 Å². The summed E-state index contributed by atoms with van der Waals surface area (Å²) >= 11 is 13.0. The largest absolute Gasteiger partial charge is 0.381 e. The molecule has 18 heavy (non-hydrogen) atoms. The minimum atomic E-state index is 0.740. The Bertz CT molecular complexity index is 570. The highest BCUT2D eigenvalue weighted by Gasteiger charge is 2.02. The van der Waals surface area contributed by atoms with Crippen LogP contribution in [0.5, 0.6) is 0 Å². The molecule has 0 radical (unpaired) electrons. The molecule has 0 bridgehead atoms. The van der Waals surface area contributed by atoms with Crippen molar-refractivity contribution >= 4 is 49.1 Å². The monoisotopic (exact) mass is 387 g/mol. The molecule has 0 aliphatic carbocycles. The van der Waals surface area contributed by atoms with Gasteiger partial charge in [-0.2, -0.15) is 0 Å². The summed E-state index contributed by atoms with van der Waals surface area (Å²) in [6, 6.07) is 12.1. The molecule has 0 heterocycles. The number of rotatable bonds is 3. The standard InChI is InChI=1S/C14H12Br2ClN/c1-9-2-5-12(7-13(9)15)18-8-10-3-4-11(17)6-14(10)16/h2-7,18H,8H2,1H3. The zero-order valence-corrected chi connectivity index (χ0v) is 13.7. The molecule has 0 aromatic heterocycles. The van der Waals surface area contributed by atoms with E-state index in [0.29, 0.717) is 0 Å². The lowest BCUT2D eigenvalue weighted by Gasteiger charge is -2.10. The third-order valence-electron chi connectivity index (χ3n) is 2.67. The minimum absolute atomic E-state index is 0.740. The molecular formula is C14H12Br2ClN. The lowest BCUT2D eigenvalue weighted by molar-refractivity contribution is 1.13. The molecule has 0 aliphatic rings. The van der Waals surface area contributed by atoms with Gasteiger partial charge in [0.25, 0.3) is 0 Å². The van der Waals surface area contributed by atoms with Crippen LogP contribution in [0.1, 0.15) is 11.1 Å². The van der Waals surface area contributed by atoms with Crippen molar-refractivity contribution in [3.63, 3.8) is 0 Å². The van der Waals surface area contributed by atoms with Crippen LogP contribution in [0, 0.1) is 6.92 Å². The Balaban J connectivity index is 2.09. The molecule has 0 fully saturated rings. The van der Waals surface area contributed by atoms with Crippen molar-refractivity contribution in [3.8, 4) is 0 Å². The van der Waals surface area contributed by atoms with Crippen molar-refractivity contribution in [2.75, 3.05) is 5.32 Å². The van der Waals surface area contributed by atoms with E-state index in [9.17, 15) is 0 Å². The molecule has 94 valence electrons. The molecule has 2 aromatic rings. The summed E-state index contributed by atoms with van der Waals surface area (Å²) < 4.78 is 2.14. The van der Waals surface area contributed by atoms with E-state index in [1.54, 1.807) is 0 Å². The summed E-state index contributed by atoms with van der Waals surface area (Å²) in [5.41, 5.74) is 3.50. The van der Waals surface area contributed by atoms with Gasteiger partial charge in [0.1, 0.15) is 0 Å². The Morgan fingerprint density at radius 1 is 1.06 bits per heavy atom. The van der Waals surface area contributed by atoms with Gasteiger partial charge in [0.15, 0.2) is 0 Å². The number of halogens is 3. The van der Waals surface area contributed by atoms with Crippen LogP contribution in [0.15, 0.2) is 45.3 Å². The third-order valence-corrected chi connectivity index (χ3v) is 4.50. The van der Waals surface area contributed by atoms with Gasteiger partial charge in [-0.3, -0.25) is 0 Å². The van der Waals surface area contributed by atoms with Gasteiger partial charge in [-0.05, 0) is 42.3 Å². The molecule has 0 saturated heterocycles. The summed E-state index contributed by atoms with van der Waals surface area (Å²) in [5.74, 6) is 0. The van der Waals surface area contributed by atoms with Crippen molar-refractivity contribution in [3.05, 3.63) is 61.5 Å². The molecule has 0 saturated carbocycles. The normalized spacial score (nSPS) is 10.4. The van der Waals surface area contributed by atoms with Gasteiger partial charge in [0, 0.05) is 26.2 Å². The lowest BCUT2D eigenvalue weighted by atomic mass is 10.2.